The number of aromatic amines is 2. The van der Waals surface area contributed by atoms with E-state index < -0.39 is 0 Å². The largest absolute Gasteiger partial charge is 0.339 e. The summed E-state index contributed by atoms with van der Waals surface area (Å²) in [6.45, 7) is 9.23. The van der Waals surface area contributed by atoms with Crippen LogP contribution >= 0.6 is 12.2 Å². The van der Waals surface area contributed by atoms with Crippen molar-refractivity contribution in [3.8, 4) is 0 Å². The fourth-order valence-electron chi connectivity index (χ4n) is 1.97. The molecule has 0 saturated heterocycles. The van der Waals surface area contributed by atoms with E-state index in [9.17, 15) is 0 Å². The quantitative estimate of drug-likeness (QED) is 0.723. The Bertz CT molecular complexity index is 538. The van der Waals surface area contributed by atoms with Gasteiger partial charge >= 0.3 is 0 Å². The Balaban J connectivity index is 0.000000861. The van der Waals surface area contributed by atoms with Gasteiger partial charge in [-0.25, -0.2) is 4.98 Å². The molecule has 2 aromatic rings. The van der Waals surface area contributed by atoms with Gasteiger partial charge in [-0.15, -0.1) is 0 Å². The van der Waals surface area contributed by atoms with Gasteiger partial charge in [-0.3, -0.25) is 0 Å². The van der Waals surface area contributed by atoms with Crippen molar-refractivity contribution in [3.05, 3.63) is 22.6 Å². The van der Waals surface area contributed by atoms with E-state index in [0.717, 1.165) is 36.4 Å². The standard InChI is InChI=1S/C12H18N4S.C2H6/c1-3-5-8(13-4-2)11-14-9-6-7-10(17)15-12(9)16-11;1-2/h6-8,13H,3-5H2,1-2H3,(H2,14,15,16,17);1-2H3. The highest BCUT2D eigenvalue weighted by atomic mass is 32.1. The molecule has 19 heavy (non-hydrogen) atoms. The Kier molecular flexibility index (Phi) is 6.73. The maximum atomic E-state index is 5.09. The Morgan fingerprint density at radius 2 is 2.00 bits per heavy atom. The van der Waals surface area contributed by atoms with Crippen LogP contribution in [0.5, 0.6) is 0 Å². The predicted molar refractivity (Wildman–Crippen MR) is 84.0 cm³/mol. The second kappa shape index (κ2) is 8.07. The van der Waals surface area contributed by atoms with E-state index >= 15 is 0 Å². The van der Waals surface area contributed by atoms with E-state index in [1.807, 2.05) is 26.0 Å². The zero-order valence-electron chi connectivity index (χ0n) is 12.2. The smallest absolute Gasteiger partial charge is 0.156 e. The highest BCUT2D eigenvalue weighted by Crippen LogP contribution is 2.18. The Morgan fingerprint density at radius 3 is 2.63 bits per heavy atom. The lowest BCUT2D eigenvalue weighted by molar-refractivity contribution is 0.490. The number of hydrogen-bond donors (Lipinski definition) is 3. The molecule has 0 aliphatic rings. The van der Waals surface area contributed by atoms with Gasteiger partial charge in [0.15, 0.2) is 5.65 Å². The van der Waals surface area contributed by atoms with Gasteiger partial charge in [0.25, 0.3) is 0 Å². The van der Waals surface area contributed by atoms with Gasteiger partial charge in [0, 0.05) is 0 Å². The topological polar surface area (TPSA) is 56.5 Å². The van der Waals surface area contributed by atoms with Gasteiger partial charge in [-0.2, -0.15) is 0 Å². The van der Waals surface area contributed by atoms with Crippen molar-refractivity contribution in [1.29, 1.82) is 0 Å². The van der Waals surface area contributed by atoms with Crippen LogP contribution in [-0.4, -0.2) is 21.5 Å². The predicted octanol–water partition coefficient (Wildman–Crippen LogP) is 4.10. The maximum absolute atomic E-state index is 5.09. The van der Waals surface area contributed by atoms with Crippen LogP contribution in [0.15, 0.2) is 12.1 Å². The highest BCUT2D eigenvalue weighted by molar-refractivity contribution is 7.71. The molecule has 5 heteroatoms. The molecule has 0 aromatic carbocycles. The monoisotopic (exact) mass is 280 g/mol. The normalized spacial score (nSPS) is 12.0. The number of nitrogens with zero attached hydrogens (tertiary/aromatic N) is 1. The van der Waals surface area contributed by atoms with E-state index in [0.29, 0.717) is 10.7 Å². The molecule has 106 valence electrons. The third-order valence-corrected chi connectivity index (χ3v) is 2.99. The molecule has 0 aliphatic heterocycles. The van der Waals surface area contributed by atoms with Crippen molar-refractivity contribution in [3.63, 3.8) is 0 Å². The molecule has 0 aliphatic carbocycles. The van der Waals surface area contributed by atoms with Crippen LogP contribution in [0.3, 0.4) is 0 Å². The van der Waals surface area contributed by atoms with E-state index in [1.165, 1.54) is 0 Å². The number of aromatic nitrogens is 3. The molecule has 0 saturated carbocycles. The van der Waals surface area contributed by atoms with Gasteiger partial charge < -0.3 is 15.3 Å². The molecule has 0 bridgehead atoms. The first-order valence-corrected chi connectivity index (χ1v) is 7.47. The molecular formula is C14H24N4S. The lowest BCUT2D eigenvalue weighted by atomic mass is 10.1. The molecule has 0 amide bonds. The molecule has 1 unspecified atom stereocenters. The summed E-state index contributed by atoms with van der Waals surface area (Å²) >= 11 is 5.09. The summed E-state index contributed by atoms with van der Waals surface area (Å²) in [5.41, 5.74) is 1.85. The molecule has 2 heterocycles. The Hall–Kier alpha value is -1.20. The fourth-order valence-corrected chi connectivity index (χ4v) is 2.14. The van der Waals surface area contributed by atoms with Crippen LogP contribution in [0.4, 0.5) is 0 Å². The Labute approximate surface area is 120 Å². The molecule has 0 radical (unpaired) electrons. The molecule has 0 fully saturated rings. The van der Waals surface area contributed by atoms with Crippen LogP contribution < -0.4 is 5.32 Å². The summed E-state index contributed by atoms with van der Waals surface area (Å²) in [7, 11) is 0. The van der Waals surface area contributed by atoms with Crippen LogP contribution in [0.25, 0.3) is 11.2 Å². The summed E-state index contributed by atoms with van der Waals surface area (Å²) in [5, 5.41) is 3.44. The van der Waals surface area contributed by atoms with Gasteiger partial charge in [-0.05, 0) is 25.1 Å². The number of imidazole rings is 1. The summed E-state index contributed by atoms with van der Waals surface area (Å²) in [5.74, 6) is 0.987. The van der Waals surface area contributed by atoms with Gasteiger partial charge in [0.2, 0.25) is 0 Å². The van der Waals surface area contributed by atoms with Crippen molar-refractivity contribution < 1.29 is 0 Å². The minimum atomic E-state index is 0.291. The van der Waals surface area contributed by atoms with E-state index in [2.05, 4.69) is 34.1 Å². The summed E-state index contributed by atoms with van der Waals surface area (Å²) in [4.78, 5) is 11.0. The van der Waals surface area contributed by atoms with Crippen molar-refractivity contribution in [2.45, 2.75) is 46.6 Å². The van der Waals surface area contributed by atoms with Gasteiger partial charge in [-0.1, -0.05) is 46.3 Å². The fraction of sp³-hybridized carbons (Fsp3) is 0.571. The van der Waals surface area contributed by atoms with Crippen LogP contribution in [0.1, 0.15) is 52.4 Å². The van der Waals surface area contributed by atoms with Crippen LogP contribution in [0, 0.1) is 4.64 Å². The molecular weight excluding hydrogens is 256 g/mol. The lowest BCUT2D eigenvalue weighted by Crippen LogP contribution is -2.21. The van der Waals surface area contributed by atoms with Gasteiger partial charge in [0.1, 0.15) is 10.5 Å². The van der Waals surface area contributed by atoms with E-state index in [4.69, 9.17) is 12.2 Å². The third-order valence-electron chi connectivity index (χ3n) is 2.75. The molecule has 1 atom stereocenters. The zero-order valence-corrected chi connectivity index (χ0v) is 13.0. The summed E-state index contributed by atoms with van der Waals surface area (Å²) in [6, 6.07) is 4.14. The van der Waals surface area contributed by atoms with Gasteiger partial charge in [0.05, 0.1) is 11.6 Å². The second-order valence-electron chi connectivity index (χ2n) is 4.11. The van der Waals surface area contributed by atoms with Crippen molar-refractivity contribution in [2.75, 3.05) is 6.54 Å². The summed E-state index contributed by atoms with van der Waals surface area (Å²) < 4.78 is 0.714. The number of H-pyrrole nitrogens is 2. The average molecular weight is 280 g/mol. The minimum Gasteiger partial charge on any atom is -0.339 e. The van der Waals surface area contributed by atoms with E-state index in [-0.39, 0.29) is 0 Å². The number of hydrogen-bond acceptors (Lipinski definition) is 3. The van der Waals surface area contributed by atoms with Crippen molar-refractivity contribution in [1.82, 2.24) is 20.3 Å². The first kappa shape index (κ1) is 15.9. The third kappa shape index (κ3) is 4.14. The first-order chi connectivity index (χ1) is 9.24. The number of fused-ring (bicyclic) bond motifs is 1. The number of nitrogens with one attached hydrogen (secondary N) is 3. The zero-order chi connectivity index (χ0) is 14.3. The molecule has 2 rings (SSSR count). The average Bonchev–Trinajstić information content (AvgIpc) is 2.83. The molecule has 2 aromatic heterocycles. The van der Waals surface area contributed by atoms with Crippen molar-refractivity contribution >= 4 is 23.4 Å². The highest BCUT2D eigenvalue weighted by Gasteiger charge is 2.13. The number of pyridine rings is 1. The molecule has 3 N–H and O–H groups in total. The van der Waals surface area contributed by atoms with E-state index in [1.54, 1.807) is 0 Å². The Morgan fingerprint density at radius 1 is 1.26 bits per heavy atom. The maximum Gasteiger partial charge on any atom is 0.156 e. The molecule has 0 spiro atoms. The second-order valence-corrected chi connectivity index (χ2v) is 4.55. The SMILES string of the molecule is CC.CCCC(NCC)c1nc2[nH]c(=S)ccc2[nH]1. The minimum absolute atomic E-state index is 0.291. The lowest BCUT2D eigenvalue weighted by Gasteiger charge is -2.13. The first-order valence-electron chi connectivity index (χ1n) is 7.07. The van der Waals surface area contributed by atoms with Crippen LogP contribution in [-0.2, 0) is 0 Å². The van der Waals surface area contributed by atoms with Crippen LogP contribution in [0.2, 0.25) is 0 Å². The van der Waals surface area contributed by atoms with Crippen molar-refractivity contribution in [2.24, 2.45) is 0 Å². The molecule has 4 nitrogen and oxygen atoms in total. The summed E-state index contributed by atoms with van der Waals surface area (Å²) in [6.07, 6.45) is 2.21. The number of rotatable bonds is 5.